The van der Waals surface area contributed by atoms with Gasteiger partial charge in [-0.3, -0.25) is 24.1 Å². The second-order valence-corrected chi connectivity index (χ2v) is 8.27. The number of nitrogens with zero attached hydrogens (tertiary/aromatic N) is 2. The lowest BCUT2D eigenvalue weighted by Crippen LogP contribution is -2.47. The first-order valence-electron chi connectivity index (χ1n) is 11.1. The Bertz CT molecular complexity index is 978. The van der Waals surface area contributed by atoms with Crippen LogP contribution < -0.4 is 5.32 Å². The highest BCUT2D eigenvalue weighted by Crippen LogP contribution is 2.22. The summed E-state index contributed by atoms with van der Waals surface area (Å²) < 4.78 is 0. The molecule has 7 heteroatoms. The number of likely N-dealkylation sites (tertiary alicyclic amines) is 1. The second kappa shape index (κ2) is 9.77. The number of fused-ring (bicyclic) bond motifs is 1. The van der Waals surface area contributed by atoms with Crippen molar-refractivity contribution in [3.63, 3.8) is 0 Å². The van der Waals surface area contributed by atoms with Crippen LogP contribution in [0, 0.1) is 0 Å². The molecule has 0 aromatic heterocycles. The fourth-order valence-corrected chi connectivity index (χ4v) is 4.28. The highest BCUT2D eigenvalue weighted by atomic mass is 16.2. The van der Waals surface area contributed by atoms with Gasteiger partial charge in [0.15, 0.2) is 0 Å². The number of hydrogen-bond donors (Lipinski definition) is 1. The number of rotatable bonds is 7. The van der Waals surface area contributed by atoms with Gasteiger partial charge in [-0.15, -0.1) is 0 Å². The van der Waals surface area contributed by atoms with Gasteiger partial charge in [0.25, 0.3) is 11.8 Å². The fraction of sp³-hybridized carbons (Fsp3) is 0.360. The third-order valence-electron chi connectivity index (χ3n) is 6.12. The van der Waals surface area contributed by atoms with Gasteiger partial charge in [-0.05, 0) is 37.0 Å². The predicted octanol–water partition coefficient (Wildman–Crippen LogP) is 2.41. The third kappa shape index (κ3) is 4.88. The zero-order valence-corrected chi connectivity index (χ0v) is 18.0. The van der Waals surface area contributed by atoms with Crippen LogP contribution in [0.3, 0.4) is 0 Å². The summed E-state index contributed by atoms with van der Waals surface area (Å²) in [5.41, 5.74) is 1.94. The van der Waals surface area contributed by atoms with E-state index >= 15 is 0 Å². The van der Waals surface area contributed by atoms with E-state index in [1.807, 2.05) is 35.2 Å². The number of amides is 4. The number of imide groups is 1. The maximum Gasteiger partial charge on any atom is 0.261 e. The summed E-state index contributed by atoms with van der Waals surface area (Å²) in [4.78, 5) is 52.6. The lowest BCUT2D eigenvalue weighted by Gasteiger charge is -2.32. The molecule has 1 saturated heterocycles. The molecule has 7 nitrogen and oxygen atoms in total. The summed E-state index contributed by atoms with van der Waals surface area (Å²) in [6, 6.07) is 16.7. The minimum atomic E-state index is -0.347. The Morgan fingerprint density at radius 3 is 2.06 bits per heavy atom. The highest BCUT2D eigenvalue weighted by Gasteiger charge is 2.35. The third-order valence-corrected chi connectivity index (χ3v) is 6.12. The smallest absolute Gasteiger partial charge is 0.261 e. The number of nitrogens with one attached hydrogen (secondary N) is 1. The molecule has 0 aliphatic carbocycles. The minimum absolute atomic E-state index is 0.00264. The maximum atomic E-state index is 12.5. The Hall–Kier alpha value is -3.48. The van der Waals surface area contributed by atoms with Crippen LogP contribution in [0.25, 0.3) is 0 Å². The summed E-state index contributed by atoms with van der Waals surface area (Å²) in [7, 11) is 0. The topological polar surface area (TPSA) is 86.8 Å². The predicted molar refractivity (Wildman–Crippen MR) is 119 cm³/mol. The summed E-state index contributed by atoms with van der Waals surface area (Å²) >= 11 is 0. The summed E-state index contributed by atoms with van der Waals surface area (Å²) in [5, 5.41) is 2.98. The molecule has 0 radical (unpaired) electrons. The average Bonchev–Trinajstić information content (AvgIpc) is 3.07. The molecule has 2 aliphatic rings. The van der Waals surface area contributed by atoms with E-state index in [9.17, 15) is 19.2 Å². The van der Waals surface area contributed by atoms with E-state index in [1.54, 1.807) is 24.3 Å². The Morgan fingerprint density at radius 2 is 1.44 bits per heavy atom. The number of benzene rings is 2. The molecule has 4 rings (SSSR count). The highest BCUT2D eigenvalue weighted by molar-refractivity contribution is 6.21. The molecule has 2 aromatic rings. The molecule has 0 unspecified atom stereocenters. The maximum absolute atomic E-state index is 12.5. The Morgan fingerprint density at radius 1 is 0.844 bits per heavy atom. The van der Waals surface area contributed by atoms with Gasteiger partial charge in [0.2, 0.25) is 11.8 Å². The van der Waals surface area contributed by atoms with Gasteiger partial charge in [-0.2, -0.15) is 0 Å². The standard InChI is InChI=1S/C25H27N3O4/c29-22(14-17-28-24(31)20-8-4-5-9-21(20)25(28)32)26-19-12-15-27(16-13-19)23(30)11-10-18-6-2-1-3-7-18/h1-9,19H,10-17H2,(H,26,29). The van der Waals surface area contributed by atoms with E-state index in [-0.39, 0.29) is 42.6 Å². The molecular formula is C25H27N3O4. The molecule has 0 spiro atoms. The quantitative estimate of drug-likeness (QED) is 0.680. The van der Waals surface area contributed by atoms with Crippen molar-refractivity contribution in [3.05, 3.63) is 71.3 Å². The Kier molecular flexibility index (Phi) is 6.63. The van der Waals surface area contributed by atoms with Gasteiger partial charge in [0.1, 0.15) is 0 Å². The van der Waals surface area contributed by atoms with Crippen LogP contribution in [0.1, 0.15) is 52.0 Å². The van der Waals surface area contributed by atoms with Crippen LogP contribution in [-0.2, 0) is 16.0 Å². The molecule has 166 valence electrons. The molecule has 2 heterocycles. The lowest BCUT2D eigenvalue weighted by molar-refractivity contribution is -0.132. The molecule has 2 aromatic carbocycles. The minimum Gasteiger partial charge on any atom is -0.353 e. The van der Waals surface area contributed by atoms with E-state index in [4.69, 9.17) is 0 Å². The second-order valence-electron chi connectivity index (χ2n) is 8.27. The molecule has 1 fully saturated rings. The molecule has 0 atom stereocenters. The van der Waals surface area contributed by atoms with Crippen molar-refractivity contribution in [2.45, 2.75) is 38.1 Å². The van der Waals surface area contributed by atoms with Crippen molar-refractivity contribution in [2.75, 3.05) is 19.6 Å². The largest absolute Gasteiger partial charge is 0.353 e. The number of aryl methyl sites for hydroxylation is 1. The van der Waals surface area contributed by atoms with Crippen molar-refractivity contribution in [1.29, 1.82) is 0 Å². The number of carbonyl (C=O) groups excluding carboxylic acids is 4. The van der Waals surface area contributed by atoms with Crippen molar-refractivity contribution < 1.29 is 19.2 Å². The first kappa shape index (κ1) is 21.7. The zero-order valence-electron chi connectivity index (χ0n) is 18.0. The number of carbonyl (C=O) groups is 4. The molecule has 32 heavy (non-hydrogen) atoms. The molecule has 2 aliphatic heterocycles. The summed E-state index contributed by atoms with van der Waals surface area (Å²) in [5.74, 6) is -0.735. The van der Waals surface area contributed by atoms with Gasteiger partial charge >= 0.3 is 0 Å². The van der Waals surface area contributed by atoms with Crippen LogP contribution in [0.15, 0.2) is 54.6 Å². The SMILES string of the molecule is O=C(CCN1C(=O)c2ccccc2C1=O)NC1CCN(C(=O)CCc2ccccc2)CC1. The van der Waals surface area contributed by atoms with Crippen LogP contribution in [0.5, 0.6) is 0 Å². The molecule has 4 amide bonds. The monoisotopic (exact) mass is 433 g/mol. The van der Waals surface area contributed by atoms with E-state index in [2.05, 4.69) is 5.32 Å². The van der Waals surface area contributed by atoms with E-state index in [0.717, 1.165) is 16.9 Å². The lowest BCUT2D eigenvalue weighted by atomic mass is 10.0. The molecular weight excluding hydrogens is 406 g/mol. The van der Waals surface area contributed by atoms with E-state index in [0.29, 0.717) is 43.5 Å². The van der Waals surface area contributed by atoms with Crippen LogP contribution in [0.2, 0.25) is 0 Å². The van der Waals surface area contributed by atoms with Crippen LogP contribution in [-0.4, -0.2) is 59.1 Å². The van der Waals surface area contributed by atoms with Gasteiger partial charge < -0.3 is 10.2 Å². The van der Waals surface area contributed by atoms with Crippen molar-refractivity contribution in [1.82, 2.24) is 15.1 Å². The Balaban J connectivity index is 1.18. The Labute approximate surface area is 187 Å². The van der Waals surface area contributed by atoms with Crippen LogP contribution in [0.4, 0.5) is 0 Å². The molecule has 0 bridgehead atoms. The first-order chi connectivity index (χ1) is 15.5. The van der Waals surface area contributed by atoms with Gasteiger partial charge in [-0.25, -0.2) is 0 Å². The number of piperidine rings is 1. The first-order valence-corrected chi connectivity index (χ1v) is 11.1. The van der Waals surface area contributed by atoms with E-state index in [1.165, 1.54) is 0 Å². The summed E-state index contributed by atoms with van der Waals surface area (Å²) in [6.45, 7) is 1.31. The van der Waals surface area contributed by atoms with Crippen molar-refractivity contribution >= 4 is 23.6 Å². The van der Waals surface area contributed by atoms with Crippen molar-refractivity contribution in [3.8, 4) is 0 Å². The molecule has 0 saturated carbocycles. The van der Waals surface area contributed by atoms with Gasteiger partial charge in [0.05, 0.1) is 11.1 Å². The van der Waals surface area contributed by atoms with Crippen LogP contribution >= 0.6 is 0 Å². The average molecular weight is 434 g/mol. The number of hydrogen-bond acceptors (Lipinski definition) is 4. The van der Waals surface area contributed by atoms with Gasteiger partial charge in [0, 0.05) is 38.5 Å². The summed E-state index contributed by atoms with van der Waals surface area (Å²) in [6.07, 6.45) is 2.70. The fourth-order valence-electron chi connectivity index (χ4n) is 4.28. The zero-order chi connectivity index (χ0) is 22.5. The molecule has 1 N–H and O–H groups in total. The van der Waals surface area contributed by atoms with Crippen molar-refractivity contribution in [2.24, 2.45) is 0 Å². The van der Waals surface area contributed by atoms with Gasteiger partial charge in [-0.1, -0.05) is 42.5 Å². The van der Waals surface area contributed by atoms with E-state index < -0.39 is 0 Å². The normalized spacial score (nSPS) is 16.2.